The number of allylic oxidation sites excluding steroid dienone is 3. The molecule has 0 amide bonds. The predicted molar refractivity (Wildman–Crippen MR) is 75.7 cm³/mol. The molecule has 3 nitrogen and oxygen atoms in total. The molecule has 0 bridgehead atoms. The number of aliphatic hydroxyl groups is 1. The molecular weight excluding hydrogens is 290 g/mol. The van der Waals surface area contributed by atoms with Crippen LogP contribution >= 0.6 is 23.2 Å². The molecule has 2 rings (SSSR count). The van der Waals surface area contributed by atoms with Crippen molar-refractivity contribution < 1.29 is 9.50 Å². The van der Waals surface area contributed by atoms with Crippen LogP contribution in [0.25, 0.3) is 0 Å². The van der Waals surface area contributed by atoms with Crippen molar-refractivity contribution in [1.29, 1.82) is 5.41 Å². The average Bonchev–Trinajstić information content (AvgIpc) is 2.38. The molecule has 1 aliphatic carbocycles. The Hall–Kier alpha value is -1.65. The SMILES string of the molecule is N=C1C(C=Nc2ccc(F)c(Cl)c2)=C(O)C=CC1Cl. The lowest BCUT2D eigenvalue weighted by molar-refractivity contribution is 0.430. The maximum absolute atomic E-state index is 13.0. The van der Waals surface area contributed by atoms with Crippen LogP contribution in [0.4, 0.5) is 10.1 Å². The van der Waals surface area contributed by atoms with Gasteiger partial charge in [0.15, 0.2) is 0 Å². The molecule has 2 N–H and O–H groups in total. The summed E-state index contributed by atoms with van der Waals surface area (Å²) in [5.41, 5.74) is 0.696. The number of nitrogens with zero attached hydrogens (tertiary/aromatic N) is 1. The Morgan fingerprint density at radius 3 is 2.84 bits per heavy atom. The smallest absolute Gasteiger partial charge is 0.141 e. The second-order valence-electron chi connectivity index (χ2n) is 3.83. The Kier molecular flexibility index (Phi) is 4.02. The van der Waals surface area contributed by atoms with Gasteiger partial charge in [-0.05, 0) is 24.3 Å². The number of benzene rings is 1. The minimum atomic E-state index is -0.603. The fourth-order valence-electron chi connectivity index (χ4n) is 1.49. The van der Waals surface area contributed by atoms with Crippen LogP contribution in [0.5, 0.6) is 0 Å². The molecule has 0 spiro atoms. The molecule has 0 saturated carbocycles. The molecule has 1 unspecified atom stereocenters. The summed E-state index contributed by atoms with van der Waals surface area (Å²) in [6.45, 7) is 0. The van der Waals surface area contributed by atoms with Crippen molar-refractivity contribution in [3.63, 3.8) is 0 Å². The van der Waals surface area contributed by atoms with E-state index in [0.29, 0.717) is 5.69 Å². The van der Waals surface area contributed by atoms with E-state index in [4.69, 9.17) is 28.6 Å². The van der Waals surface area contributed by atoms with Gasteiger partial charge in [0.2, 0.25) is 0 Å². The highest BCUT2D eigenvalue weighted by Gasteiger charge is 2.19. The first kappa shape index (κ1) is 13.8. The molecule has 98 valence electrons. The lowest BCUT2D eigenvalue weighted by Crippen LogP contribution is -2.19. The zero-order valence-electron chi connectivity index (χ0n) is 9.57. The first-order valence-corrected chi connectivity index (χ1v) is 6.14. The first-order chi connectivity index (χ1) is 8.99. The predicted octanol–water partition coefficient (Wildman–Crippen LogP) is 4.19. The van der Waals surface area contributed by atoms with E-state index >= 15 is 0 Å². The van der Waals surface area contributed by atoms with Crippen molar-refractivity contribution in [2.45, 2.75) is 5.38 Å². The maximum atomic E-state index is 13.0. The van der Waals surface area contributed by atoms with Gasteiger partial charge in [-0.3, -0.25) is 4.99 Å². The number of alkyl halides is 1. The Labute approximate surface area is 119 Å². The molecule has 0 aromatic heterocycles. The Bertz CT molecular complexity index is 623. The van der Waals surface area contributed by atoms with Crippen molar-refractivity contribution in [1.82, 2.24) is 0 Å². The van der Waals surface area contributed by atoms with E-state index in [-0.39, 0.29) is 22.1 Å². The summed E-state index contributed by atoms with van der Waals surface area (Å²) >= 11 is 11.5. The van der Waals surface area contributed by atoms with Gasteiger partial charge < -0.3 is 10.5 Å². The van der Waals surface area contributed by atoms with Crippen molar-refractivity contribution in [2.24, 2.45) is 4.99 Å². The van der Waals surface area contributed by atoms with Crippen LogP contribution in [0.15, 0.2) is 46.7 Å². The lowest BCUT2D eigenvalue weighted by atomic mass is 10.0. The summed E-state index contributed by atoms with van der Waals surface area (Å²) in [6.07, 6.45) is 4.22. The summed E-state index contributed by atoms with van der Waals surface area (Å²) < 4.78 is 13.0. The highest BCUT2D eigenvalue weighted by molar-refractivity contribution is 6.39. The van der Waals surface area contributed by atoms with E-state index in [2.05, 4.69) is 4.99 Å². The molecule has 0 radical (unpaired) electrons. The topological polar surface area (TPSA) is 56.4 Å². The molecule has 0 saturated heterocycles. The quantitative estimate of drug-likeness (QED) is 0.624. The molecule has 0 fully saturated rings. The normalized spacial score (nSPS) is 19.5. The van der Waals surface area contributed by atoms with Crippen LogP contribution in [0.1, 0.15) is 0 Å². The molecule has 0 aliphatic heterocycles. The third-order valence-electron chi connectivity index (χ3n) is 2.51. The third-order valence-corrected chi connectivity index (χ3v) is 3.16. The van der Waals surface area contributed by atoms with Crippen molar-refractivity contribution in [3.05, 3.63) is 52.5 Å². The molecule has 1 aromatic rings. The van der Waals surface area contributed by atoms with Gasteiger partial charge in [0.1, 0.15) is 11.6 Å². The molecule has 1 aliphatic rings. The van der Waals surface area contributed by atoms with Crippen LogP contribution in [0, 0.1) is 11.2 Å². The summed E-state index contributed by atoms with van der Waals surface area (Å²) in [7, 11) is 0. The van der Waals surface area contributed by atoms with Crippen molar-refractivity contribution >= 4 is 40.8 Å². The Morgan fingerprint density at radius 2 is 2.16 bits per heavy atom. The van der Waals surface area contributed by atoms with E-state index in [1.54, 1.807) is 0 Å². The number of nitrogens with one attached hydrogen (secondary N) is 1. The maximum Gasteiger partial charge on any atom is 0.141 e. The van der Waals surface area contributed by atoms with Gasteiger partial charge >= 0.3 is 0 Å². The van der Waals surface area contributed by atoms with Gasteiger partial charge in [-0.15, -0.1) is 11.6 Å². The van der Waals surface area contributed by atoms with E-state index in [0.717, 1.165) is 0 Å². The van der Waals surface area contributed by atoms with Gasteiger partial charge in [-0.2, -0.15) is 0 Å². The molecule has 0 heterocycles. The summed E-state index contributed by atoms with van der Waals surface area (Å²) in [5.74, 6) is -0.615. The number of aliphatic hydroxyl groups excluding tert-OH is 1. The number of halogens is 3. The standard InChI is InChI=1S/C13H9Cl2FN2O/c14-9-2-4-12(19)8(13(9)17)6-18-7-1-3-11(16)10(15)5-7/h1-6,9,17,19H. The van der Waals surface area contributed by atoms with Gasteiger partial charge in [0, 0.05) is 6.21 Å². The van der Waals surface area contributed by atoms with Gasteiger partial charge in [-0.1, -0.05) is 17.7 Å². The average molecular weight is 299 g/mol. The highest BCUT2D eigenvalue weighted by Crippen LogP contribution is 2.23. The molecular formula is C13H9Cl2FN2O. The third kappa shape index (κ3) is 3.03. The molecule has 1 atom stereocenters. The zero-order chi connectivity index (χ0) is 14.0. The monoisotopic (exact) mass is 298 g/mol. The van der Waals surface area contributed by atoms with Crippen molar-refractivity contribution in [3.8, 4) is 0 Å². The summed E-state index contributed by atoms with van der Waals surface area (Å²) in [5, 5.41) is 16.8. The summed E-state index contributed by atoms with van der Waals surface area (Å²) in [6, 6.07) is 3.99. The number of aliphatic imine (C=N–C) groups is 1. The minimum absolute atomic E-state index is 0.0401. The van der Waals surface area contributed by atoms with Crippen LogP contribution in [-0.2, 0) is 0 Å². The lowest BCUT2D eigenvalue weighted by Gasteiger charge is -2.13. The van der Waals surface area contributed by atoms with E-state index in [1.807, 2.05) is 0 Å². The Morgan fingerprint density at radius 1 is 1.42 bits per heavy atom. The van der Waals surface area contributed by atoms with E-state index < -0.39 is 11.2 Å². The fraction of sp³-hybridized carbons (Fsp3) is 0.0769. The van der Waals surface area contributed by atoms with Crippen LogP contribution in [0.3, 0.4) is 0 Å². The molecule has 1 aromatic carbocycles. The molecule has 19 heavy (non-hydrogen) atoms. The number of hydrogen-bond donors (Lipinski definition) is 2. The minimum Gasteiger partial charge on any atom is -0.507 e. The van der Waals surface area contributed by atoms with Gasteiger partial charge in [-0.25, -0.2) is 4.39 Å². The first-order valence-electron chi connectivity index (χ1n) is 5.32. The largest absolute Gasteiger partial charge is 0.507 e. The number of rotatable bonds is 2. The van der Waals surface area contributed by atoms with Gasteiger partial charge in [0.05, 0.1) is 27.4 Å². The highest BCUT2D eigenvalue weighted by atomic mass is 35.5. The van der Waals surface area contributed by atoms with Crippen molar-refractivity contribution in [2.75, 3.05) is 0 Å². The van der Waals surface area contributed by atoms with E-state index in [1.165, 1.54) is 36.6 Å². The second kappa shape index (κ2) is 5.55. The van der Waals surface area contributed by atoms with Crippen LogP contribution in [-0.4, -0.2) is 22.4 Å². The zero-order valence-corrected chi connectivity index (χ0v) is 11.1. The Balaban J connectivity index is 2.29. The fourth-order valence-corrected chi connectivity index (χ4v) is 1.85. The summed E-state index contributed by atoms with van der Waals surface area (Å²) in [4.78, 5) is 4.04. The van der Waals surface area contributed by atoms with Crippen LogP contribution < -0.4 is 0 Å². The van der Waals surface area contributed by atoms with Crippen LogP contribution in [0.2, 0.25) is 5.02 Å². The second-order valence-corrected chi connectivity index (χ2v) is 4.71. The van der Waals surface area contributed by atoms with E-state index in [9.17, 15) is 9.50 Å². The van der Waals surface area contributed by atoms with Gasteiger partial charge in [0.25, 0.3) is 0 Å². The number of hydrogen-bond acceptors (Lipinski definition) is 3. The molecule has 6 heteroatoms.